The van der Waals surface area contributed by atoms with E-state index in [4.69, 9.17) is 11.0 Å². The van der Waals surface area contributed by atoms with E-state index in [1.165, 1.54) is 6.20 Å². The van der Waals surface area contributed by atoms with E-state index >= 15 is 0 Å². The molecule has 94 valence electrons. The van der Waals surface area contributed by atoms with Crippen LogP contribution < -0.4 is 10.6 Å². The predicted octanol–water partition coefficient (Wildman–Crippen LogP) is 1.82. The highest BCUT2D eigenvalue weighted by Gasteiger charge is 2.07. The van der Waals surface area contributed by atoms with E-state index in [9.17, 15) is 4.79 Å². The van der Waals surface area contributed by atoms with Gasteiger partial charge in [-0.15, -0.1) is 0 Å². The Labute approximate surface area is 110 Å². The molecule has 2 N–H and O–H groups in total. The standard InChI is InChI=1S/C14H12N4O/c1-18(12-5-2-10(8-15)3-6-12)13-7-4-11(9-17-13)14(16)19/h2-7,9H,1H3,(H2,16,19). The van der Waals surface area contributed by atoms with Crippen LogP contribution in [-0.4, -0.2) is 17.9 Å². The highest BCUT2D eigenvalue weighted by Crippen LogP contribution is 2.21. The van der Waals surface area contributed by atoms with Gasteiger partial charge in [0.15, 0.2) is 0 Å². The van der Waals surface area contributed by atoms with Crippen molar-refractivity contribution in [3.05, 3.63) is 53.7 Å². The number of nitriles is 1. The molecule has 2 aromatic rings. The summed E-state index contributed by atoms with van der Waals surface area (Å²) in [7, 11) is 1.85. The van der Waals surface area contributed by atoms with Gasteiger partial charge in [-0.25, -0.2) is 4.98 Å². The molecule has 0 saturated carbocycles. The predicted molar refractivity (Wildman–Crippen MR) is 72.0 cm³/mol. The molecular formula is C14H12N4O. The fourth-order valence-electron chi connectivity index (χ4n) is 1.62. The van der Waals surface area contributed by atoms with Gasteiger partial charge in [0.05, 0.1) is 17.2 Å². The molecule has 0 fully saturated rings. The third-order valence-corrected chi connectivity index (χ3v) is 2.76. The van der Waals surface area contributed by atoms with Crippen molar-refractivity contribution < 1.29 is 4.79 Å². The molecule has 0 unspecified atom stereocenters. The molecule has 5 nitrogen and oxygen atoms in total. The number of nitrogens with two attached hydrogens (primary N) is 1. The minimum atomic E-state index is -0.500. The minimum Gasteiger partial charge on any atom is -0.366 e. The molecule has 19 heavy (non-hydrogen) atoms. The zero-order valence-electron chi connectivity index (χ0n) is 10.4. The van der Waals surface area contributed by atoms with Crippen molar-refractivity contribution in [2.75, 3.05) is 11.9 Å². The van der Waals surface area contributed by atoms with Crippen LogP contribution in [0.2, 0.25) is 0 Å². The van der Waals surface area contributed by atoms with Gasteiger partial charge < -0.3 is 10.6 Å². The highest BCUT2D eigenvalue weighted by molar-refractivity contribution is 5.92. The summed E-state index contributed by atoms with van der Waals surface area (Å²) in [5.41, 5.74) is 7.04. The fourth-order valence-corrected chi connectivity index (χ4v) is 1.62. The summed E-state index contributed by atoms with van der Waals surface area (Å²) < 4.78 is 0. The van der Waals surface area contributed by atoms with Crippen LogP contribution in [0.3, 0.4) is 0 Å². The van der Waals surface area contributed by atoms with Gasteiger partial charge in [-0.05, 0) is 36.4 Å². The van der Waals surface area contributed by atoms with Crippen molar-refractivity contribution in [1.29, 1.82) is 5.26 Å². The summed E-state index contributed by atoms with van der Waals surface area (Å²) in [6.45, 7) is 0. The molecule has 0 radical (unpaired) electrons. The maximum atomic E-state index is 11.0. The van der Waals surface area contributed by atoms with Crippen molar-refractivity contribution in [3.8, 4) is 6.07 Å². The van der Waals surface area contributed by atoms with Crippen molar-refractivity contribution in [1.82, 2.24) is 4.98 Å². The number of rotatable bonds is 3. The van der Waals surface area contributed by atoms with E-state index in [1.54, 1.807) is 24.3 Å². The number of hydrogen-bond donors (Lipinski definition) is 1. The van der Waals surface area contributed by atoms with Crippen LogP contribution in [-0.2, 0) is 0 Å². The number of aromatic nitrogens is 1. The highest BCUT2D eigenvalue weighted by atomic mass is 16.1. The smallest absolute Gasteiger partial charge is 0.250 e. The second-order valence-corrected chi connectivity index (χ2v) is 3.99. The Bertz CT molecular complexity index is 626. The van der Waals surface area contributed by atoms with Gasteiger partial charge in [0.25, 0.3) is 0 Å². The zero-order valence-corrected chi connectivity index (χ0v) is 10.4. The lowest BCUT2D eigenvalue weighted by atomic mass is 10.2. The Kier molecular flexibility index (Phi) is 3.44. The number of pyridine rings is 1. The van der Waals surface area contributed by atoms with Gasteiger partial charge >= 0.3 is 0 Å². The Morgan fingerprint density at radius 2 is 1.95 bits per heavy atom. The van der Waals surface area contributed by atoms with E-state index < -0.39 is 5.91 Å². The van der Waals surface area contributed by atoms with Crippen LogP contribution in [0.4, 0.5) is 11.5 Å². The average molecular weight is 252 g/mol. The topological polar surface area (TPSA) is 83.0 Å². The van der Waals surface area contributed by atoms with Crippen LogP contribution in [0, 0.1) is 11.3 Å². The first kappa shape index (κ1) is 12.6. The van der Waals surface area contributed by atoms with E-state index in [2.05, 4.69) is 11.1 Å². The van der Waals surface area contributed by atoms with Crippen molar-refractivity contribution in [2.24, 2.45) is 5.73 Å². The van der Waals surface area contributed by atoms with Crippen LogP contribution in [0.1, 0.15) is 15.9 Å². The molecule has 1 heterocycles. The van der Waals surface area contributed by atoms with Crippen LogP contribution in [0.15, 0.2) is 42.6 Å². The van der Waals surface area contributed by atoms with Crippen LogP contribution in [0.5, 0.6) is 0 Å². The van der Waals surface area contributed by atoms with Gasteiger partial charge in [-0.3, -0.25) is 4.79 Å². The summed E-state index contributed by atoms with van der Waals surface area (Å²) in [6, 6.07) is 12.6. The van der Waals surface area contributed by atoms with Crippen molar-refractivity contribution in [2.45, 2.75) is 0 Å². The third-order valence-electron chi connectivity index (χ3n) is 2.76. The first-order chi connectivity index (χ1) is 9.11. The molecule has 0 atom stereocenters. The Hall–Kier alpha value is -2.87. The molecule has 0 aliphatic rings. The van der Waals surface area contributed by atoms with Crippen molar-refractivity contribution in [3.63, 3.8) is 0 Å². The lowest BCUT2D eigenvalue weighted by molar-refractivity contribution is 0.1000. The summed E-state index contributed by atoms with van der Waals surface area (Å²) in [6.07, 6.45) is 1.44. The van der Waals surface area contributed by atoms with Crippen LogP contribution >= 0.6 is 0 Å². The van der Waals surface area contributed by atoms with Crippen molar-refractivity contribution >= 4 is 17.4 Å². The first-order valence-electron chi connectivity index (χ1n) is 5.61. The Morgan fingerprint density at radius 3 is 2.42 bits per heavy atom. The second kappa shape index (κ2) is 5.19. The van der Waals surface area contributed by atoms with Gasteiger partial charge in [0.1, 0.15) is 5.82 Å². The third kappa shape index (κ3) is 2.69. The summed E-state index contributed by atoms with van der Waals surface area (Å²) in [5, 5.41) is 8.75. The second-order valence-electron chi connectivity index (χ2n) is 3.99. The maximum absolute atomic E-state index is 11.0. The lowest BCUT2D eigenvalue weighted by Gasteiger charge is -2.18. The number of benzene rings is 1. The number of carbonyl (C=O) groups is 1. The molecule has 0 aliphatic heterocycles. The Morgan fingerprint density at radius 1 is 1.26 bits per heavy atom. The molecular weight excluding hydrogens is 240 g/mol. The number of anilines is 2. The zero-order chi connectivity index (χ0) is 13.8. The number of carbonyl (C=O) groups excluding carboxylic acids is 1. The molecule has 0 saturated heterocycles. The SMILES string of the molecule is CN(c1ccc(C#N)cc1)c1ccc(C(N)=O)cn1. The van der Waals surface area contributed by atoms with Gasteiger partial charge in [-0.2, -0.15) is 5.26 Å². The fraction of sp³-hybridized carbons (Fsp3) is 0.0714. The monoisotopic (exact) mass is 252 g/mol. The van der Waals surface area contributed by atoms with Gasteiger partial charge in [0.2, 0.25) is 5.91 Å². The summed E-state index contributed by atoms with van der Waals surface area (Å²) in [5.74, 6) is 0.190. The quantitative estimate of drug-likeness (QED) is 0.903. The van der Waals surface area contributed by atoms with E-state index in [-0.39, 0.29) is 0 Å². The molecule has 5 heteroatoms. The largest absolute Gasteiger partial charge is 0.366 e. The maximum Gasteiger partial charge on any atom is 0.250 e. The Balaban J connectivity index is 2.25. The summed E-state index contributed by atoms with van der Waals surface area (Å²) in [4.78, 5) is 17.0. The number of amides is 1. The first-order valence-corrected chi connectivity index (χ1v) is 5.61. The number of primary amides is 1. The lowest BCUT2D eigenvalue weighted by Crippen LogP contribution is -2.14. The van der Waals surface area contributed by atoms with Gasteiger partial charge in [-0.1, -0.05) is 0 Å². The molecule has 0 bridgehead atoms. The van der Waals surface area contributed by atoms with E-state index in [1.807, 2.05) is 24.1 Å². The molecule has 1 aromatic carbocycles. The average Bonchev–Trinajstić information content (AvgIpc) is 2.46. The van der Waals surface area contributed by atoms with E-state index in [0.717, 1.165) is 5.69 Å². The summed E-state index contributed by atoms with van der Waals surface area (Å²) >= 11 is 0. The van der Waals surface area contributed by atoms with E-state index in [0.29, 0.717) is 16.9 Å². The molecule has 0 aliphatic carbocycles. The van der Waals surface area contributed by atoms with Crippen LogP contribution in [0.25, 0.3) is 0 Å². The number of hydrogen-bond acceptors (Lipinski definition) is 4. The molecule has 2 rings (SSSR count). The number of nitrogens with zero attached hydrogens (tertiary/aromatic N) is 3. The normalized spacial score (nSPS) is 9.68. The molecule has 1 amide bonds. The molecule has 0 spiro atoms. The minimum absolute atomic E-state index is 0.372. The van der Waals surface area contributed by atoms with Gasteiger partial charge in [0, 0.05) is 18.9 Å². The molecule has 1 aromatic heterocycles.